The maximum absolute atomic E-state index is 7.50. The third-order valence-electron chi connectivity index (χ3n) is 2.84. The standard InChI is InChI=1S/C16H19N3O2/c1-2-10-20-13-5-7-14(8-6-13)21-11-12-4-3-9-19-15(12)16(17)18/h3-9H,2,10-11H2,1H3,(H3,17,18). The van der Waals surface area contributed by atoms with Crippen molar-refractivity contribution < 1.29 is 9.47 Å². The number of rotatable bonds is 7. The van der Waals surface area contributed by atoms with Gasteiger partial charge in [-0.1, -0.05) is 13.0 Å². The maximum atomic E-state index is 7.50. The van der Waals surface area contributed by atoms with Crippen molar-refractivity contribution in [2.24, 2.45) is 5.73 Å². The van der Waals surface area contributed by atoms with E-state index in [1.807, 2.05) is 30.3 Å². The zero-order valence-electron chi connectivity index (χ0n) is 12.0. The van der Waals surface area contributed by atoms with Crippen molar-refractivity contribution in [3.05, 3.63) is 53.9 Å². The average Bonchev–Trinajstić information content (AvgIpc) is 2.52. The van der Waals surface area contributed by atoms with Crippen LogP contribution in [0.1, 0.15) is 24.6 Å². The third kappa shape index (κ3) is 4.21. The number of nitrogens with one attached hydrogen (secondary N) is 1. The van der Waals surface area contributed by atoms with E-state index in [0.717, 1.165) is 23.5 Å². The smallest absolute Gasteiger partial charge is 0.142 e. The highest BCUT2D eigenvalue weighted by atomic mass is 16.5. The van der Waals surface area contributed by atoms with E-state index in [-0.39, 0.29) is 5.84 Å². The van der Waals surface area contributed by atoms with E-state index in [4.69, 9.17) is 20.6 Å². The van der Waals surface area contributed by atoms with Gasteiger partial charge in [0.15, 0.2) is 0 Å². The fourth-order valence-corrected chi connectivity index (χ4v) is 1.81. The first-order valence-corrected chi connectivity index (χ1v) is 6.84. The number of nitrogens with two attached hydrogens (primary N) is 1. The molecule has 21 heavy (non-hydrogen) atoms. The number of benzene rings is 1. The summed E-state index contributed by atoms with van der Waals surface area (Å²) in [5.74, 6) is 1.50. The van der Waals surface area contributed by atoms with Crippen molar-refractivity contribution in [2.45, 2.75) is 20.0 Å². The number of nitrogen functional groups attached to an aromatic ring is 1. The number of aromatic nitrogens is 1. The highest BCUT2D eigenvalue weighted by molar-refractivity contribution is 5.94. The summed E-state index contributed by atoms with van der Waals surface area (Å²) < 4.78 is 11.2. The molecule has 0 aliphatic carbocycles. The Morgan fingerprint density at radius 1 is 1.14 bits per heavy atom. The van der Waals surface area contributed by atoms with E-state index >= 15 is 0 Å². The molecule has 0 aliphatic rings. The fourth-order valence-electron chi connectivity index (χ4n) is 1.81. The van der Waals surface area contributed by atoms with Crippen LogP contribution in [0.5, 0.6) is 11.5 Å². The van der Waals surface area contributed by atoms with Crippen LogP contribution in [0.25, 0.3) is 0 Å². The van der Waals surface area contributed by atoms with Crippen molar-refractivity contribution in [3.63, 3.8) is 0 Å². The van der Waals surface area contributed by atoms with Crippen LogP contribution in [0.2, 0.25) is 0 Å². The molecule has 0 radical (unpaired) electrons. The summed E-state index contributed by atoms with van der Waals surface area (Å²) >= 11 is 0. The molecule has 5 nitrogen and oxygen atoms in total. The minimum Gasteiger partial charge on any atom is -0.494 e. The lowest BCUT2D eigenvalue weighted by atomic mass is 10.2. The molecule has 2 aromatic rings. The van der Waals surface area contributed by atoms with Gasteiger partial charge in [0, 0.05) is 11.8 Å². The first-order chi connectivity index (χ1) is 10.2. The van der Waals surface area contributed by atoms with Gasteiger partial charge in [-0.25, -0.2) is 0 Å². The lowest BCUT2D eigenvalue weighted by molar-refractivity contribution is 0.301. The van der Waals surface area contributed by atoms with E-state index in [9.17, 15) is 0 Å². The summed E-state index contributed by atoms with van der Waals surface area (Å²) in [6.45, 7) is 3.09. The van der Waals surface area contributed by atoms with E-state index < -0.39 is 0 Å². The molecule has 0 saturated heterocycles. The molecule has 0 unspecified atom stereocenters. The second-order valence-electron chi connectivity index (χ2n) is 4.53. The molecule has 2 rings (SSSR count). The number of amidine groups is 1. The molecule has 1 aromatic heterocycles. The minimum atomic E-state index is -0.0579. The van der Waals surface area contributed by atoms with Gasteiger partial charge in [0.25, 0.3) is 0 Å². The SMILES string of the molecule is CCCOc1ccc(OCc2cccnc2C(=N)N)cc1. The highest BCUT2D eigenvalue weighted by Gasteiger charge is 2.07. The van der Waals surface area contributed by atoms with Gasteiger partial charge in [0.1, 0.15) is 29.6 Å². The second kappa shape index (κ2) is 7.28. The zero-order valence-corrected chi connectivity index (χ0v) is 12.0. The summed E-state index contributed by atoms with van der Waals surface area (Å²) in [7, 11) is 0. The summed E-state index contributed by atoms with van der Waals surface area (Å²) in [5, 5.41) is 7.50. The van der Waals surface area contributed by atoms with Crippen molar-refractivity contribution in [1.29, 1.82) is 5.41 Å². The Morgan fingerprint density at radius 3 is 2.43 bits per heavy atom. The van der Waals surface area contributed by atoms with Gasteiger partial charge in [-0.15, -0.1) is 0 Å². The quantitative estimate of drug-likeness (QED) is 0.605. The number of hydrogen-bond acceptors (Lipinski definition) is 4. The molecule has 3 N–H and O–H groups in total. The molecule has 5 heteroatoms. The summed E-state index contributed by atoms with van der Waals surface area (Å²) in [5.41, 5.74) is 6.75. The molecule has 0 fully saturated rings. The largest absolute Gasteiger partial charge is 0.494 e. The van der Waals surface area contributed by atoms with Crippen molar-refractivity contribution in [3.8, 4) is 11.5 Å². The Kier molecular flexibility index (Phi) is 5.15. The summed E-state index contributed by atoms with van der Waals surface area (Å²) in [4.78, 5) is 4.09. The molecule has 0 amide bonds. The van der Waals surface area contributed by atoms with Crippen molar-refractivity contribution >= 4 is 5.84 Å². The molecular formula is C16H19N3O2. The number of nitrogens with zero attached hydrogens (tertiary/aromatic N) is 1. The van der Waals surface area contributed by atoms with Crippen LogP contribution < -0.4 is 15.2 Å². The number of ether oxygens (including phenoxy) is 2. The topological polar surface area (TPSA) is 81.2 Å². The molecular weight excluding hydrogens is 266 g/mol. The Balaban J connectivity index is 1.98. The van der Waals surface area contributed by atoms with Gasteiger partial charge in [-0.2, -0.15) is 0 Å². The molecule has 0 saturated carbocycles. The highest BCUT2D eigenvalue weighted by Crippen LogP contribution is 2.19. The lowest BCUT2D eigenvalue weighted by Crippen LogP contribution is -2.16. The van der Waals surface area contributed by atoms with Gasteiger partial charge in [-0.05, 0) is 36.8 Å². The average molecular weight is 285 g/mol. The van der Waals surface area contributed by atoms with Crippen molar-refractivity contribution in [2.75, 3.05) is 6.61 Å². The second-order valence-corrected chi connectivity index (χ2v) is 4.53. The number of pyridine rings is 1. The molecule has 0 bridgehead atoms. The van der Waals surface area contributed by atoms with Crippen LogP contribution in [0.4, 0.5) is 0 Å². The molecule has 0 atom stereocenters. The van der Waals surface area contributed by atoms with Gasteiger partial charge in [0.2, 0.25) is 0 Å². The van der Waals surface area contributed by atoms with Crippen LogP contribution in [-0.4, -0.2) is 17.4 Å². The zero-order chi connectivity index (χ0) is 15.1. The molecule has 110 valence electrons. The lowest BCUT2D eigenvalue weighted by Gasteiger charge is -2.10. The van der Waals surface area contributed by atoms with Crippen LogP contribution in [0.15, 0.2) is 42.6 Å². The predicted octanol–water partition coefficient (Wildman–Crippen LogP) is 2.73. The van der Waals surface area contributed by atoms with Crippen LogP contribution in [0, 0.1) is 5.41 Å². The summed E-state index contributed by atoms with van der Waals surface area (Å²) in [6, 6.07) is 11.1. The van der Waals surface area contributed by atoms with Crippen LogP contribution >= 0.6 is 0 Å². The van der Waals surface area contributed by atoms with Crippen molar-refractivity contribution in [1.82, 2.24) is 4.98 Å². The van der Waals surface area contributed by atoms with E-state index in [1.165, 1.54) is 0 Å². The summed E-state index contributed by atoms with van der Waals surface area (Å²) in [6.07, 6.45) is 2.59. The van der Waals surface area contributed by atoms with E-state index in [0.29, 0.717) is 18.9 Å². The fraction of sp³-hybridized carbons (Fsp3) is 0.250. The molecule has 1 aromatic carbocycles. The van der Waals surface area contributed by atoms with Crippen LogP contribution in [-0.2, 0) is 6.61 Å². The Morgan fingerprint density at radius 2 is 1.81 bits per heavy atom. The first kappa shape index (κ1) is 14.8. The predicted molar refractivity (Wildman–Crippen MR) is 81.8 cm³/mol. The molecule has 0 aliphatic heterocycles. The van der Waals surface area contributed by atoms with E-state index in [2.05, 4.69) is 11.9 Å². The van der Waals surface area contributed by atoms with Gasteiger partial charge in [-0.3, -0.25) is 10.4 Å². The third-order valence-corrected chi connectivity index (χ3v) is 2.84. The van der Waals surface area contributed by atoms with Gasteiger partial charge in [0.05, 0.1) is 6.61 Å². The Labute approximate surface area is 124 Å². The Hall–Kier alpha value is -2.56. The Bertz CT molecular complexity index is 597. The normalized spacial score (nSPS) is 10.1. The minimum absolute atomic E-state index is 0.0579. The maximum Gasteiger partial charge on any atom is 0.142 e. The van der Waals surface area contributed by atoms with Gasteiger partial charge >= 0.3 is 0 Å². The van der Waals surface area contributed by atoms with E-state index in [1.54, 1.807) is 12.3 Å². The number of hydrogen-bond donors (Lipinski definition) is 2. The first-order valence-electron chi connectivity index (χ1n) is 6.84. The molecule has 1 heterocycles. The molecule has 0 spiro atoms. The van der Waals surface area contributed by atoms with Crippen LogP contribution in [0.3, 0.4) is 0 Å². The monoisotopic (exact) mass is 285 g/mol. The van der Waals surface area contributed by atoms with Gasteiger partial charge < -0.3 is 15.2 Å².